The van der Waals surface area contributed by atoms with Crippen molar-refractivity contribution in [2.24, 2.45) is 11.8 Å². The zero-order valence-electron chi connectivity index (χ0n) is 15.7. The molecule has 1 aliphatic rings. The van der Waals surface area contributed by atoms with Gasteiger partial charge in [0.25, 0.3) is 0 Å². The molecule has 1 N–H and O–H groups in total. The van der Waals surface area contributed by atoms with Crippen molar-refractivity contribution >= 4 is 0 Å². The second-order valence-corrected chi connectivity index (χ2v) is 7.76. The summed E-state index contributed by atoms with van der Waals surface area (Å²) in [5, 5.41) is 3.50. The molecule has 0 amide bonds. The Labute approximate surface area is 141 Å². The second-order valence-electron chi connectivity index (χ2n) is 7.76. The molecule has 1 heteroatoms. The molecule has 0 radical (unpaired) electrons. The van der Waals surface area contributed by atoms with Crippen LogP contribution in [0.4, 0.5) is 0 Å². The number of hydrogen-bond acceptors (Lipinski definition) is 1. The summed E-state index contributed by atoms with van der Waals surface area (Å²) in [4.78, 5) is 0. The monoisotopic (exact) mass is 309 g/mol. The Balaban J connectivity index is 1.72. The van der Waals surface area contributed by atoms with Gasteiger partial charge in [0.15, 0.2) is 0 Å². The molecule has 2 unspecified atom stereocenters. The van der Waals surface area contributed by atoms with Gasteiger partial charge in [0.2, 0.25) is 0 Å². The first-order chi connectivity index (χ1) is 10.8. The summed E-state index contributed by atoms with van der Waals surface area (Å²) in [6, 6.07) is 0. The highest BCUT2D eigenvalue weighted by molar-refractivity contribution is 4.75. The van der Waals surface area contributed by atoms with Crippen molar-refractivity contribution in [3.8, 4) is 0 Å². The molecule has 1 saturated heterocycles. The molecule has 132 valence electrons. The molecule has 0 spiro atoms. The van der Waals surface area contributed by atoms with Crippen molar-refractivity contribution in [1.29, 1.82) is 0 Å². The molecule has 0 aromatic carbocycles. The van der Waals surface area contributed by atoms with Crippen molar-refractivity contribution in [3.63, 3.8) is 0 Å². The minimum atomic E-state index is 0.947. The number of hydrogen-bond donors (Lipinski definition) is 1. The molecule has 0 aromatic heterocycles. The smallest absolute Gasteiger partial charge is 0.00175 e. The Kier molecular flexibility index (Phi) is 13.2. The van der Waals surface area contributed by atoms with E-state index >= 15 is 0 Å². The van der Waals surface area contributed by atoms with Crippen molar-refractivity contribution < 1.29 is 0 Å². The molecule has 0 bridgehead atoms. The van der Waals surface area contributed by atoms with Crippen molar-refractivity contribution in [1.82, 2.24) is 5.32 Å². The average Bonchev–Trinajstić information content (AvgIpc) is 3.06. The molecule has 1 heterocycles. The van der Waals surface area contributed by atoms with Gasteiger partial charge in [0.05, 0.1) is 0 Å². The largest absolute Gasteiger partial charge is 0.316 e. The van der Waals surface area contributed by atoms with Gasteiger partial charge in [-0.2, -0.15) is 0 Å². The van der Waals surface area contributed by atoms with Gasteiger partial charge in [-0.05, 0) is 31.3 Å². The van der Waals surface area contributed by atoms with Gasteiger partial charge < -0.3 is 5.32 Å². The van der Waals surface area contributed by atoms with E-state index < -0.39 is 0 Å². The Morgan fingerprint density at radius 1 is 0.773 bits per heavy atom. The maximum atomic E-state index is 3.50. The van der Waals surface area contributed by atoms with E-state index in [2.05, 4.69) is 19.2 Å². The topological polar surface area (TPSA) is 12.0 Å². The molecule has 0 saturated carbocycles. The second kappa shape index (κ2) is 14.5. The molecule has 1 rings (SSSR count). The fourth-order valence-corrected chi connectivity index (χ4v) is 3.88. The molecular weight excluding hydrogens is 266 g/mol. The molecule has 1 aliphatic heterocycles. The Morgan fingerprint density at radius 2 is 1.27 bits per heavy atom. The van der Waals surface area contributed by atoms with E-state index in [4.69, 9.17) is 0 Å². The zero-order valence-corrected chi connectivity index (χ0v) is 15.7. The lowest BCUT2D eigenvalue weighted by Gasteiger charge is -2.17. The van der Waals surface area contributed by atoms with Crippen LogP contribution in [0.5, 0.6) is 0 Å². The molecule has 1 nitrogen and oxygen atoms in total. The van der Waals surface area contributed by atoms with Crippen molar-refractivity contribution in [3.05, 3.63) is 0 Å². The molecule has 22 heavy (non-hydrogen) atoms. The molecular formula is C21H43N. The summed E-state index contributed by atoms with van der Waals surface area (Å²) in [5.41, 5.74) is 0. The van der Waals surface area contributed by atoms with Crippen LogP contribution in [0, 0.1) is 11.8 Å². The summed E-state index contributed by atoms with van der Waals surface area (Å²) in [5.74, 6) is 1.92. The lowest BCUT2D eigenvalue weighted by molar-refractivity contribution is 0.349. The number of rotatable bonds is 15. The highest BCUT2D eigenvalue weighted by Crippen LogP contribution is 2.24. The van der Waals surface area contributed by atoms with Crippen molar-refractivity contribution in [2.45, 2.75) is 110 Å². The summed E-state index contributed by atoms with van der Waals surface area (Å²) in [6.07, 6.45) is 21.9. The van der Waals surface area contributed by atoms with E-state index in [0.29, 0.717) is 0 Å². The van der Waals surface area contributed by atoms with Crippen LogP contribution in [0.15, 0.2) is 0 Å². The van der Waals surface area contributed by atoms with Gasteiger partial charge in [-0.25, -0.2) is 0 Å². The van der Waals surface area contributed by atoms with Gasteiger partial charge in [0.1, 0.15) is 0 Å². The van der Waals surface area contributed by atoms with Crippen LogP contribution in [0.2, 0.25) is 0 Å². The van der Waals surface area contributed by atoms with Crippen LogP contribution in [0.25, 0.3) is 0 Å². The predicted molar refractivity (Wildman–Crippen MR) is 100 cm³/mol. The third-order valence-electron chi connectivity index (χ3n) is 5.67. The summed E-state index contributed by atoms with van der Waals surface area (Å²) in [6.45, 7) is 7.30. The molecule has 0 aromatic rings. The number of unbranched alkanes of at least 4 members (excludes halogenated alkanes) is 12. The zero-order chi connectivity index (χ0) is 15.9. The third-order valence-corrected chi connectivity index (χ3v) is 5.67. The van der Waals surface area contributed by atoms with Crippen LogP contribution >= 0.6 is 0 Å². The van der Waals surface area contributed by atoms with Crippen LogP contribution in [-0.2, 0) is 0 Å². The Bertz CT molecular complexity index is 220. The first-order valence-electron chi connectivity index (χ1n) is 10.5. The van der Waals surface area contributed by atoms with Crippen molar-refractivity contribution in [2.75, 3.05) is 13.1 Å². The maximum absolute atomic E-state index is 3.50. The van der Waals surface area contributed by atoms with Crippen LogP contribution in [0.3, 0.4) is 0 Å². The summed E-state index contributed by atoms with van der Waals surface area (Å²) >= 11 is 0. The first kappa shape index (κ1) is 20.0. The molecule has 1 fully saturated rings. The minimum absolute atomic E-state index is 0.947. The lowest BCUT2D eigenvalue weighted by Crippen LogP contribution is -2.15. The van der Waals surface area contributed by atoms with E-state index in [1.54, 1.807) is 0 Å². The quantitative estimate of drug-likeness (QED) is 0.331. The van der Waals surface area contributed by atoms with Gasteiger partial charge in [-0.15, -0.1) is 0 Å². The third kappa shape index (κ3) is 10.6. The van der Waals surface area contributed by atoms with E-state index in [1.807, 2.05) is 0 Å². The molecule has 0 aliphatic carbocycles. The van der Waals surface area contributed by atoms with Gasteiger partial charge in [0, 0.05) is 0 Å². The Morgan fingerprint density at radius 3 is 1.73 bits per heavy atom. The van der Waals surface area contributed by atoms with E-state index in [0.717, 1.165) is 11.8 Å². The van der Waals surface area contributed by atoms with E-state index in [1.165, 1.54) is 109 Å². The van der Waals surface area contributed by atoms with Gasteiger partial charge in [-0.1, -0.05) is 104 Å². The van der Waals surface area contributed by atoms with Crippen LogP contribution in [-0.4, -0.2) is 13.1 Å². The normalized spacial score (nSPS) is 19.6. The maximum Gasteiger partial charge on any atom is -0.00175 e. The SMILES string of the molecule is CCCCCCCCCCCCCCCC(C)C1CCNC1. The fourth-order valence-electron chi connectivity index (χ4n) is 3.88. The number of nitrogens with one attached hydrogen (secondary N) is 1. The van der Waals surface area contributed by atoms with Crippen LogP contribution in [0.1, 0.15) is 110 Å². The van der Waals surface area contributed by atoms with Crippen LogP contribution < -0.4 is 5.32 Å². The van der Waals surface area contributed by atoms with Gasteiger partial charge in [-0.3, -0.25) is 0 Å². The minimum Gasteiger partial charge on any atom is -0.316 e. The highest BCUT2D eigenvalue weighted by atomic mass is 14.9. The lowest BCUT2D eigenvalue weighted by atomic mass is 9.88. The first-order valence-corrected chi connectivity index (χ1v) is 10.5. The summed E-state index contributed by atoms with van der Waals surface area (Å²) < 4.78 is 0. The van der Waals surface area contributed by atoms with E-state index in [-0.39, 0.29) is 0 Å². The standard InChI is InChI=1S/C21H43N/c1-3-4-5-6-7-8-9-10-11-12-13-14-15-16-20(2)21-17-18-22-19-21/h20-22H,3-19H2,1-2H3. The Hall–Kier alpha value is -0.0400. The van der Waals surface area contributed by atoms with E-state index in [9.17, 15) is 0 Å². The highest BCUT2D eigenvalue weighted by Gasteiger charge is 2.20. The predicted octanol–water partition coefficient (Wildman–Crippen LogP) is 6.71. The molecule has 2 atom stereocenters. The average molecular weight is 310 g/mol. The van der Waals surface area contributed by atoms with Gasteiger partial charge >= 0.3 is 0 Å². The summed E-state index contributed by atoms with van der Waals surface area (Å²) in [7, 11) is 0. The fraction of sp³-hybridized carbons (Fsp3) is 1.00.